The highest BCUT2D eigenvalue weighted by Gasteiger charge is 2.41. The van der Waals surface area contributed by atoms with Gasteiger partial charge < -0.3 is 15.4 Å². The molecule has 8 nitrogen and oxygen atoms in total. The number of halogens is 3. The molecule has 2 heterocycles. The average molecular weight is 507 g/mol. The highest BCUT2D eigenvalue weighted by molar-refractivity contribution is 9.10. The summed E-state index contributed by atoms with van der Waals surface area (Å²) in [7, 11) is 1.46. The molecule has 0 bridgehead atoms. The zero-order chi connectivity index (χ0) is 21.8. The van der Waals surface area contributed by atoms with Crippen LogP contribution in [0, 0.1) is 0 Å². The van der Waals surface area contributed by atoms with E-state index in [1.807, 2.05) is 6.92 Å². The first-order valence-corrected chi connectivity index (χ1v) is 10.3. The molecule has 0 aliphatic rings. The highest BCUT2D eigenvalue weighted by atomic mass is 79.9. The van der Waals surface area contributed by atoms with Crippen molar-refractivity contribution in [3.63, 3.8) is 0 Å². The average Bonchev–Trinajstić information content (AvgIpc) is 3.10. The SMILES string of the molecule is CCn1nccc1C(=O)NC(C)(CC(C)(Cl)Cl)C(=O)Nc1ncc(Br)cc1OC. The number of carbonyl (C=O) groups excluding carboxylic acids is 2. The van der Waals surface area contributed by atoms with Crippen LogP contribution in [0.15, 0.2) is 29.0 Å². The second-order valence-electron chi connectivity index (χ2n) is 6.72. The number of pyridine rings is 1. The maximum Gasteiger partial charge on any atom is 0.270 e. The molecule has 11 heteroatoms. The van der Waals surface area contributed by atoms with Crippen molar-refractivity contribution >= 4 is 56.8 Å². The van der Waals surface area contributed by atoms with Gasteiger partial charge in [0.2, 0.25) is 0 Å². The van der Waals surface area contributed by atoms with E-state index in [1.54, 1.807) is 26.0 Å². The van der Waals surface area contributed by atoms with Crippen LogP contribution in [0.4, 0.5) is 5.82 Å². The van der Waals surface area contributed by atoms with E-state index in [2.05, 4.69) is 36.6 Å². The van der Waals surface area contributed by atoms with Crippen molar-refractivity contribution in [1.82, 2.24) is 20.1 Å². The summed E-state index contributed by atoms with van der Waals surface area (Å²) in [6.07, 6.45) is 2.97. The molecule has 2 amide bonds. The first-order valence-electron chi connectivity index (χ1n) is 8.72. The van der Waals surface area contributed by atoms with Gasteiger partial charge >= 0.3 is 0 Å². The number of hydrogen-bond acceptors (Lipinski definition) is 5. The van der Waals surface area contributed by atoms with Crippen LogP contribution in [0.2, 0.25) is 0 Å². The number of alkyl halides is 2. The summed E-state index contributed by atoms with van der Waals surface area (Å²) in [4.78, 5) is 30.1. The Morgan fingerprint density at radius 1 is 1.34 bits per heavy atom. The van der Waals surface area contributed by atoms with Crippen molar-refractivity contribution in [1.29, 1.82) is 0 Å². The molecule has 1 unspecified atom stereocenters. The quantitative estimate of drug-likeness (QED) is 0.531. The van der Waals surface area contributed by atoms with E-state index < -0.39 is 21.7 Å². The zero-order valence-electron chi connectivity index (χ0n) is 16.4. The number of aromatic nitrogens is 3. The van der Waals surface area contributed by atoms with Gasteiger partial charge in [-0.3, -0.25) is 14.3 Å². The van der Waals surface area contributed by atoms with Gasteiger partial charge in [-0.1, -0.05) is 0 Å². The normalized spacial score (nSPS) is 13.5. The van der Waals surface area contributed by atoms with Crippen molar-refractivity contribution in [2.75, 3.05) is 12.4 Å². The number of carbonyl (C=O) groups is 2. The van der Waals surface area contributed by atoms with E-state index in [0.29, 0.717) is 22.5 Å². The Labute approximate surface area is 187 Å². The van der Waals surface area contributed by atoms with Crippen LogP contribution in [0.5, 0.6) is 5.75 Å². The van der Waals surface area contributed by atoms with Crippen LogP contribution in [0.3, 0.4) is 0 Å². The molecule has 0 fully saturated rings. The number of aryl methyl sites for hydroxylation is 1. The Morgan fingerprint density at radius 3 is 2.62 bits per heavy atom. The molecular weight excluding hydrogens is 485 g/mol. The maximum atomic E-state index is 13.2. The molecule has 0 spiro atoms. The summed E-state index contributed by atoms with van der Waals surface area (Å²) in [6.45, 7) is 5.45. The lowest BCUT2D eigenvalue weighted by atomic mass is 9.94. The van der Waals surface area contributed by atoms with E-state index in [0.717, 1.165) is 0 Å². The topological polar surface area (TPSA) is 98.1 Å². The van der Waals surface area contributed by atoms with Crippen LogP contribution in [-0.2, 0) is 11.3 Å². The standard InChI is InChI=1S/C18H22BrCl2N5O3/c1-5-26-12(6-7-23-26)15(27)25-17(2,10-18(3,20)21)16(28)24-14-13(29-4)8-11(19)9-22-14/h6-9H,5,10H2,1-4H3,(H,25,27)(H,22,24,28). The van der Waals surface area contributed by atoms with Crippen LogP contribution in [-0.4, -0.2) is 43.6 Å². The lowest BCUT2D eigenvalue weighted by Crippen LogP contribution is -2.57. The number of nitrogens with one attached hydrogen (secondary N) is 2. The van der Waals surface area contributed by atoms with Crippen LogP contribution in [0.1, 0.15) is 37.7 Å². The number of amides is 2. The first-order chi connectivity index (χ1) is 13.5. The minimum absolute atomic E-state index is 0.0558. The number of rotatable bonds is 8. The van der Waals surface area contributed by atoms with Gasteiger partial charge in [0.15, 0.2) is 11.6 Å². The van der Waals surface area contributed by atoms with Crippen molar-refractivity contribution in [2.45, 2.75) is 43.6 Å². The molecule has 29 heavy (non-hydrogen) atoms. The molecular formula is C18H22BrCl2N5O3. The third-order valence-electron chi connectivity index (χ3n) is 4.07. The van der Waals surface area contributed by atoms with Crippen molar-refractivity contribution in [2.24, 2.45) is 0 Å². The fraction of sp³-hybridized carbons (Fsp3) is 0.444. The smallest absolute Gasteiger partial charge is 0.270 e. The van der Waals surface area contributed by atoms with Gasteiger partial charge in [-0.15, -0.1) is 23.2 Å². The maximum absolute atomic E-state index is 13.2. The Bertz CT molecular complexity index is 900. The second-order valence-corrected chi connectivity index (χ2v) is 9.50. The Hall–Kier alpha value is -1.84. The Kier molecular flexibility index (Phi) is 7.53. The number of methoxy groups -OCH3 is 1. The second kappa shape index (κ2) is 9.32. The molecule has 0 aromatic carbocycles. The molecule has 2 rings (SSSR count). The number of ether oxygens (including phenoxy) is 1. The summed E-state index contributed by atoms with van der Waals surface area (Å²) < 4.78 is 6.18. The Morgan fingerprint density at radius 2 is 2.03 bits per heavy atom. The number of nitrogens with zero attached hydrogens (tertiary/aromatic N) is 3. The predicted octanol–water partition coefficient (Wildman–Crippen LogP) is 3.78. The van der Waals surface area contributed by atoms with Gasteiger partial charge in [0, 0.05) is 29.8 Å². The molecule has 0 radical (unpaired) electrons. The van der Waals surface area contributed by atoms with Crippen LogP contribution < -0.4 is 15.4 Å². The van der Waals surface area contributed by atoms with Crippen LogP contribution >= 0.6 is 39.1 Å². The molecule has 1 atom stereocenters. The fourth-order valence-corrected chi connectivity index (χ4v) is 3.65. The predicted molar refractivity (Wildman–Crippen MR) is 116 cm³/mol. The van der Waals surface area contributed by atoms with Gasteiger partial charge in [0.25, 0.3) is 11.8 Å². The third-order valence-corrected chi connectivity index (χ3v) is 4.78. The van der Waals surface area contributed by atoms with Gasteiger partial charge in [-0.2, -0.15) is 5.10 Å². The van der Waals surface area contributed by atoms with Crippen molar-refractivity contribution in [3.8, 4) is 5.75 Å². The van der Waals surface area contributed by atoms with E-state index in [-0.39, 0.29) is 12.2 Å². The molecule has 2 aromatic heterocycles. The van der Waals surface area contributed by atoms with Crippen molar-refractivity contribution in [3.05, 3.63) is 34.7 Å². The van der Waals surface area contributed by atoms with Crippen LogP contribution in [0.25, 0.3) is 0 Å². The summed E-state index contributed by atoms with van der Waals surface area (Å²) in [5, 5.41) is 9.49. The summed E-state index contributed by atoms with van der Waals surface area (Å²) in [5.74, 6) is -0.472. The fourth-order valence-electron chi connectivity index (χ4n) is 2.81. The van der Waals surface area contributed by atoms with Gasteiger partial charge in [0.05, 0.1) is 7.11 Å². The van der Waals surface area contributed by atoms with E-state index in [9.17, 15) is 9.59 Å². The van der Waals surface area contributed by atoms with E-state index in [1.165, 1.54) is 24.2 Å². The first kappa shape index (κ1) is 23.4. The van der Waals surface area contributed by atoms with Crippen molar-refractivity contribution < 1.29 is 14.3 Å². The molecule has 0 saturated heterocycles. The molecule has 2 N–H and O–H groups in total. The minimum Gasteiger partial charge on any atom is -0.493 e. The Balaban J connectivity index is 2.33. The highest BCUT2D eigenvalue weighted by Crippen LogP contribution is 2.33. The summed E-state index contributed by atoms with van der Waals surface area (Å²) in [6, 6.07) is 3.22. The van der Waals surface area contributed by atoms with Gasteiger partial charge in [-0.05, 0) is 48.8 Å². The number of hydrogen-bond donors (Lipinski definition) is 2. The van der Waals surface area contributed by atoms with E-state index >= 15 is 0 Å². The van der Waals surface area contributed by atoms with Gasteiger partial charge in [-0.25, -0.2) is 4.98 Å². The monoisotopic (exact) mass is 505 g/mol. The van der Waals surface area contributed by atoms with E-state index in [4.69, 9.17) is 27.9 Å². The third kappa shape index (κ3) is 6.07. The molecule has 0 aliphatic carbocycles. The molecule has 158 valence electrons. The zero-order valence-corrected chi connectivity index (χ0v) is 19.5. The number of anilines is 1. The molecule has 2 aromatic rings. The lowest BCUT2D eigenvalue weighted by molar-refractivity contribution is -0.121. The molecule has 0 saturated carbocycles. The largest absolute Gasteiger partial charge is 0.493 e. The summed E-state index contributed by atoms with van der Waals surface area (Å²) >= 11 is 15.7. The molecule has 0 aliphatic heterocycles. The summed E-state index contributed by atoms with van der Waals surface area (Å²) in [5.41, 5.74) is -1.13. The lowest BCUT2D eigenvalue weighted by Gasteiger charge is -2.33. The minimum atomic E-state index is -1.45. The van der Waals surface area contributed by atoms with Gasteiger partial charge in [0.1, 0.15) is 15.6 Å².